The Labute approximate surface area is 185 Å². The maximum Gasteiger partial charge on any atom is 0.246 e. The van der Waals surface area contributed by atoms with Gasteiger partial charge in [0.25, 0.3) is 0 Å². The smallest absolute Gasteiger partial charge is 0.246 e. The van der Waals surface area contributed by atoms with Crippen LogP contribution in [-0.4, -0.2) is 45.2 Å². The number of hydrogen-bond donors (Lipinski definition) is 1. The quantitative estimate of drug-likeness (QED) is 0.565. The molecule has 0 saturated heterocycles. The largest absolute Gasteiger partial charge is 0.360 e. The van der Waals surface area contributed by atoms with Crippen LogP contribution in [0.5, 0.6) is 0 Å². The first kappa shape index (κ1) is 22.3. The summed E-state index contributed by atoms with van der Waals surface area (Å²) < 4.78 is 6.59. The van der Waals surface area contributed by atoms with Crippen molar-refractivity contribution in [3.8, 4) is 0 Å². The molecule has 0 radical (unpaired) electrons. The van der Waals surface area contributed by atoms with Crippen LogP contribution in [-0.2, 0) is 16.1 Å². The summed E-state index contributed by atoms with van der Waals surface area (Å²) in [5.74, 6) is 0.172. The molecule has 0 aliphatic heterocycles. The topological polar surface area (TPSA) is 93.3 Å². The van der Waals surface area contributed by atoms with Crippen molar-refractivity contribution in [1.29, 1.82) is 0 Å². The molecule has 2 heterocycles. The van der Waals surface area contributed by atoms with E-state index in [1.165, 1.54) is 23.6 Å². The Morgan fingerprint density at radius 2 is 1.94 bits per heavy atom. The second-order valence-corrected chi connectivity index (χ2v) is 7.69. The van der Waals surface area contributed by atoms with Crippen LogP contribution in [0.2, 0.25) is 5.15 Å². The van der Waals surface area contributed by atoms with Gasteiger partial charge in [-0.25, -0.2) is 4.68 Å². The van der Waals surface area contributed by atoms with Crippen LogP contribution in [0.3, 0.4) is 0 Å². The van der Waals surface area contributed by atoms with Gasteiger partial charge >= 0.3 is 0 Å². The fraction of sp³-hybridized carbons (Fsp3) is 0.273. The van der Waals surface area contributed by atoms with E-state index >= 15 is 0 Å². The molecule has 2 amide bonds. The van der Waals surface area contributed by atoms with E-state index in [-0.39, 0.29) is 18.4 Å². The molecule has 162 valence electrons. The molecule has 3 aromatic rings. The van der Waals surface area contributed by atoms with Gasteiger partial charge in [-0.05, 0) is 32.4 Å². The van der Waals surface area contributed by atoms with E-state index in [0.29, 0.717) is 34.5 Å². The summed E-state index contributed by atoms with van der Waals surface area (Å²) in [5, 5.41) is 11.2. The molecule has 1 aromatic carbocycles. The van der Waals surface area contributed by atoms with Crippen molar-refractivity contribution >= 4 is 35.3 Å². The summed E-state index contributed by atoms with van der Waals surface area (Å²) in [7, 11) is 1.54. The van der Waals surface area contributed by atoms with Crippen molar-refractivity contribution in [3.63, 3.8) is 0 Å². The number of anilines is 1. The first-order chi connectivity index (χ1) is 14.7. The number of nitrogens with zero attached hydrogens (tertiary/aromatic N) is 4. The Balaban J connectivity index is 1.62. The van der Waals surface area contributed by atoms with Crippen LogP contribution in [0.1, 0.15) is 28.1 Å². The molecule has 0 bridgehead atoms. The number of halogens is 1. The monoisotopic (exact) mass is 441 g/mol. The molecule has 1 N–H and O–H groups in total. The van der Waals surface area contributed by atoms with Crippen LogP contribution >= 0.6 is 11.6 Å². The van der Waals surface area contributed by atoms with E-state index in [4.69, 9.17) is 16.1 Å². The summed E-state index contributed by atoms with van der Waals surface area (Å²) in [6, 6.07) is 9.73. The van der Waals surface area contributed by atoms with Gasteiger partial charge in [0.05, 0.1) is 18.8 Å². The van der Waals surface area contributed by atoms with Crippen molar-refractivity contribution in [1.82, 2.24) is 19.8 Å². The Bertz CT molecular complexity index is 1110. The lowest BCUT2D eigenvalue weighted by Gasteiger charge is -2.13. The van der Waals surface area contributed by atoms with Gasteiger partial charge in [0, 0.05) is 24.8 Å². The molecule has 0 unspecified atom stereocenters. The predicted octanol–water partition coefficient (Wildman–Crippen LogP) is 3.61. The number of likely N-dealkylation sites (N-methyl/N-ethyl adjacent to an activating group) is 1. The van der Waals surface area contributed by atoms with E-state index in [1.807, 2.05) is 38.1 Å². The summed E-state index contributed by atoms with van der Waals surface area (Å²) in [4.78, 5) is 25.8. The molecule has 0 saturated carbocycles. The first-order valence-electron chi connectivity index (χ1n) is 9.67. The third-order valence-electron chi connectivity index (χ3n) is 4.61. The zero-order valence-corrected chi connectivity index (χ0v) is 18.6. The number of aromatic nitrogens is 3. The van der Waals surface area contributed by atoms with Crippen molar-refractivity contribution in [3.05, 3.63) is 69.7 Å². The maximum atomic E-state index is 12.4. The van der Waals surface area contributed by atoms with E-state index in [0.717, 1.165) is 5.56 Å². The lowest BCUT2D eigenvalue weighted by Crippen LogP contribution is -2.33. The highest BCUT2D eigenvalue weighted by molar-refractivity contribution is 6.31. The molecule has 3 rings (SSSR count). The highest BCUT2D eigenvalue weighted by Crippen LogP contribution is 2.22. The minimum Gasteiger partial charge on any atom is -0.360 e. The standard InChI is InChI=1S/C22H24ClN5O3/c1-14-5-7-17(8-6-14)12-28-22(23)18(16(3)25-28)9-10-21(30)27(4)13-20(29)24-19-11-15(2)31-26-19/h5-11H,12-13H2,1-4H3,(H,24,26,29)/b10-9+. The van der Waals surface area contributed by atoms with Crippen LogP contribution < -0.4 is 5.32 Å². The van der Waals surface area contributed by atoms with Crippen LogP contribution in [0, 0.1) is 20.8 Å². The van der Waals surface area contributed by atoms with Crippen LogP contribution in [0.25, 0.3) is 6.08 Å². The Morgan fingerprint density at radius 3 is 2.58 bits per heavy atom. The molecule has 31 heavy (non-hydrogen) atoms. The molecule has 8 nitrogen and oxygen atoms in total. The number of nitrogens with one attached hydrogen (secondary N) is 1. The first-order valence-corrected chi connectivity index (χ1v) is 10.1. The normalized spacial score (nSPS) is 11.1. The molecular weight excluding hydrogens is 418 g/mol. The van der Waals surface area contributed by atoms with Gasteiger partial charge in [-0.1, -0.05) is 46.6 Å². The summed E-state index contributed by atoms with van der Waals surface area (Å²) in [6.07, 6.45) is 2.99. The number of hydrogen-bond acceptors (Lipinski definition) is 5. The third kappa shape index (κ3) is 5.82. The molecule has 0 aliphatic rings. The minimum atomic E-state index is -0.377. The third-order valence-corrected chi connectivity index (χ3v) is 5.01. The van der Waals surface area contributed by atoms with Crippen molar-refractivity contribution in [2.45, 2.75) is 27.3 Å². The molecule has 2 aromatic heterocycles. The van der Waals surface area contributed by atoms with Crippen LogP contribution in [0.4, 0.5) is 5.82 Å². The fourth-order valence-corrected chi connectivity index (χ4v) is 3.21. The van der Waals surface area contributed by atoms with Gasteiger partial charge < -0.3 is 14.7 Å². The molecular formula is C22H24ClN5O3. The van der Waals surface area contributed by atoms with Crippen LogP contribution in [0.15, 0.2) is 40.9 Å². The van der Waals surface area contributed by atoms with E-state index in [2.05, 4.69) is 15.6 Å². The Hall–Kier alpha value is -3.39. The van der Waals surface area contributed by atoms with Gasteiger partial charge in [-0.2, -0.15) is 5.10 Å². The zero-order valence-electron chi connectivity index (χ0n) is 17.8. The fourth-order valence-electron chi connectivity index (χ4n) is 2.91. The van der Waals surface area contributed by atoms with E-state index in [9.17, 15) is 9.59 Å². The highest BCUT2D eigenvalue weighted by Gasteiger charge is 2.15. The number of benzene rings is 1. The molecule has 9 heteroatoms. The second kappa shape index (κ2) is 9.61. The van der Waals surface area contributed by atoms with Crippen molar-refractivity contribution < 1.29 is 14.1 Å². The average Bonchev–Trinajstić information content (AvgIpc) is 3.24. The number of carbonyl (C=O) groups is 2. The molecule has 0 atom stereocenters. The highest BCUT2D eigenvalue weighted by atomic mass is 35.5. The number of carbonyl (C=O) groups excluding carboxylic acids is 2. The Kier molecular flexibility index (Phi) is 6.91. The van der Waals surface area contributed by atoms with Gasteiger partial charge in [-0.3, -0.25) is 9.59 Å². The Morgan fingerprint density at radius 1 is 1.23 bits per heavy atom. The van der Waals surface area contributed by atoms with Gasteiger partial charge in [0.2, 0.25) is 11.8 Å². The molecule has 0 spiro atoms. The number of rotatable bonds is 7. The summed E-state index contributed by atoms with van der Waals surface area (Å²) in [6.45, 7) is 5.99. The summed E-state index contributed by atoms with van der Waals surface area (Å²) in [5.41, 5.74) is 3.64. The molecule has 0 fully saturated rings. The number of aryl methyl sites for hydroxylation is 3. The van der Waals surface area contributed by atoms with Crippen molar-refractivity contribution in [2.75, 3.05) is 18.9 Å². The van der Waals surface area contributed by atoms with E-state index < -0.39 is 0 Å². The van der Waals surface area contributed by atoms with Crippen molar-refractivity contribution in [2.24, 2.45) is 0 Å². The van der Waals surface area contributed by atoms with Gasteiger partial charge in [0.1, 0.15) is 10.9 Å². The lowest BCUT2D eigenvalue weighted by molar-refractivity contribution is -0.129. The SMILES string of the molecule is Cc1ccc(Cn2nc(C)c(/C=C/C(=O)N(C)CC(=O)Nc3cc(C)on3)c2Cl)cc1. The maximum absolute atomic E-state index is 12.4. The number of amides is 2. The predicted molar refractivity (Wildman–Crippen MR) is 119 cm³/mol. The zero-order chi connectivity index (χ0) is 22.5. The lowest BCUT2D eigenvalue weighted by atomic mass is 10.1. The van der Waals surface area contributed by atoms with E-state index in [1.54, 1.807) is 23.7 Å². The van der Waals surface area contributed by atoms with Gasteiger partial charge in [0.15, 0.2) is 5.82 Å². The average molecular weight is 442 g/mol. The second-order valence-electron chi connectivity index (χ2n) is 7.33. The van der Waals surface area contributed by atoms with Gasteiger partial charge in [-0.15, -0.1) is 0 Å². The summed E-state index contributed by atoms with van der Waals surface area (Å²) >= 11 is 6.49. The molecule has 0 aliphatic carbocycles. The minimum absolute atomic E-state index is 0.130.